The highest BCUT2D eigenvalue weighted by molar-refractivity contribution is 7.64. The summed E-state index contributed by atoms with van der Waals surface area (Å²) >= 11 is 0. The third kappa shape index (κ3) is 1.96. The minimum absolute atomic E-state index is 0.431. The molecule has 0 spiro atoms. The summed E-state index contributed by atoms with van der Waals surface area (Å²) in [6.07, 6.45) is 4.20. The first-order valence-corrected chi connectivity index (χ1v) is 10.2. The Labute approximate surface area is 125 Å². The Kier molecular flexibility index (Phi) is 2.94. The molecule has 1 aliphatic heterocycles. The van der Waals surface area contributed by atoms with Crippen LogP contribution in [0, 0.1) is 0 Å². The monoisotopic (exact) mass is 300 g/mol. The molecule has 0 N–H and O–H groups in total. The third-order valence-electron chi connectivity index (χ3n) is 5.51. The van der Waals surface area contributed by atoms with Gasteiger partial charge in [-0.1, -0.05) is 18.2 Å². The average Bonchev–Trinajstić information content (AvgIpc) is 2.82. The molecule has 2 aliphatic rings. The molecule has 110 valence electrons. The summed E-state index contributed by atoms with van der Waals surface area (Å²) in [6, 6.07) is 10.8. The van der Waals surface area contributed by atoms with E-state index in [-0.39, 0.29) is 0 Å². The zero-order chi connectivity index (χ0) is 14.6. The fourth-order valence-corrected chi connectivity index (χ4v) is 7.27. The molecular formula is C18H21O2P. The van der Waals surface area contributed by atoms with Crippen LogP contribution in [0.15, 0.2) is 30.3 Å². The molecule has 2 aromatic carbocycles. The fourth-order valence-electron chi connectivity index (χ4n) is 4.41. The lowest BCUT2D eigenvalue weighted by atomic mass is 9.79. The molecule has 1 unspecified atom stereocenters. The van der Waals surface area contributed by atoms with Gasteiger partial charge in [0.2, 0.25) is 0 Å². The first-order chi connectivity index (χ1) is 10.1. The van der Waals surface area contributed by atoms with Gasteiger partial charge in [0.1, 0.15) is 5.75 Å². The van der Waals surface area contributed by atoms with Crippen LogP contribution in [0.5, 0.6) is 5.75 Å². The maximum Gasteiger partial charge on any atom is 0.119 e. The van der Waals surface area contributed by atoms with E-state index in [2.05, 4.69) is 24.3 Å². The van der Waals surface area contributed by atoms with Gasteiger partial charge in [0, 0.05) is 11.8 Å². The first-order valence-electron chi connectivity index (χ1n) is 7.76. The third-order valence-corrected chi connectivity index (χ3v) is 8.68. The molecule has 1 saturated heterocycles. The van der Waals surface area contributed by atoms with Crippen LogP contribution in [-0.2, 0) is 11.0 Å². The van der Waals surface area contributed by atoms with Crippen LogP contribution >= 0.6 is 7.14 Å². The van der Waals surface area contributed by atoms with Gasteiger partial charge in [0.25, 0.3) is 0 Å². The van der Waals surface area contributed by atoms with Crippen molar-refractivity contribution in [1.29, 1.82) is 0 Å². The number of hydrogen-bond donors (Lipinski definition) is 0. The summed E-state index contributed by atoms with van der Waals surface area (Å²) in [5.41, 5.74) is 3.38. The van der Waals surface area contributed by atoms with Gasteiger partial charge in [-0.3, -0.25) is 0 Å². The molecule has 0 aromatic heterocycles. The molecular weight excluding hydrogens is 279 g/mol. The molecule has 1 fully saturated rings. The first kappa shape index (κ1) is 13.4. The van der Waals surface area contributed by atoms with E-state index in [1.165, 1.54) is 21.9 Å². The second kappa shape index (κ2) is 4.61. The predicted molar refractivity (Wildman–Crippen MR) is 88.4 cm³/mol. The Hall–Kier alpha value is -1.27. The zero-order valence-corrected chi connectivity index (χ0v) is 13.5. The number of aryl methyl sites for hydroxylation is 1. The van der Waals surface area contributed by atoms with Gasteiger partial charge in [0.05, 0.1) is 14.3 Å². The molecule has 0 bridgehead atoms. The molecule has 1 heterocycles. The summed E-state index contributed by atoms with van der Waals surface area (Å²) in [6.45, 7) is 2.02. The standard InChI is InChI=1S/C18H21O2P/c1-20-13-4-6-14-12(11-13)3-5-16-15(14)7-8-18-17(16)9-10-21(18,2)19/h3-6,11,17-18H,7-10H2,1-2H3/t17?,18-,21+/m1/s1. The van der Waals surface area contributed by atoms with Gasteiger partial charge in [-0.2, -0.15) is 0 Å². The van der Waals surface area contributed by atoms with Crippen molar-refractivity contribution < 1.29 is 9.30 Å². The number of rotatable bonds is 1. The van der Waals surface area contributed by atoms with Crippen molar-refractivity contribution in [2.24, 2.45) is 0 Å². The van der Waals surface area contributed by atoms with Crippen LogP contribution < -0.4 is 4.74 Å². The summed E-state index contributed by atoms with van der Waals surface area (Å²) < 4.78 is 18.0. The van der Waals surface area contributed by atoms with Crippen LogP contribution in [0.3, 0.4) is 0 Å². The van der Waals surface area contributed by atoms with Crippen molar-refractivity contribution in [2.75, 3.05) is 19.9 Å². The summed E-state index contributed by atoms with van der Waals surface area (Å²) in [5, 5.41) is 2.61. The molecule has 2 nitrogen and oxygen atoms in total. The van der Waals surface area contributed by atoms with Crippen LogP contribution in [-0.4, -0.2) is 25.6 Å². The lowest BCUT2D eigenvalue weighted by molar-refractivity contribution is 0.415. The van der Waals surface area contributed by atoms with Crippen LogP contribution in [0.2, 0.25) is 0 Å². The highest BCUT2D eigenvalue weighted by Gasteiger charge is 2.44. The van der Waals surface area contributed by atoms with E-state index >= 15 is 0 Å². The topological polar surface area (TPSA) is 26.3 Å². The molecule has 0 saturated carbocycles. The molecule has 3 atom stereocenters. The minimum atomic E-state index is -1.92. The lowest BCUT2D eigenvalue weighted by Crippen LogP contribution is -2.20. The van der Waals surface area contributed by atoms with Crippen molar-refractivity contribution in [3.63, 3.8) is 0 Å². The number of methoxy groups -OCH3 is 1. The number of hydrogen-bond acceptors (Lipinski definition) is 2. The van der Waals surface area contributed by atoms with E-state index in [1.807, 2.05) is 12.7 Å². The number of benzene rings is 2. The molecule has 3 heteroatoms. The highest BCUT2D eigenvalue weighted by atomic mass is 31.2. The van der Waals surface area contributed by atoms with E-state index in [4.69, 9.17) is 4.74 Å². The van der Waals surface area contributed by atoms with E-state index in [1.54, 1.807) is 7.11 Å². The highest BCUT2D eigenvalue weighted by Crippen LogP contribution is 2.63. The molecule has 0 amide bonds. The minimum Gasteiger partial charge on any atom is -0.497 e. The molecule has 1 aliphatic carbocycles. The largest absolute Gasteiger partial charge is 0.497 e. The summed E-state index contributed by atoms with van der Waals surface area (Å²) in [4.78, 5) is 0. The second-order valence-electron chi connectivity index (χ2n) is 6.62. The zero-order valence-electron chi connectivity index (χ0n) is 12.6. The van der Waals surface area contributed by atoms with E-state index in [9.17, 15) is 4.57 Å². The Morgan fingerprint density at radius 1 is 1.19 bits per heavy atom. The Balaban J connectivity index is 1.87. The van der Waals surface area contributed by atoms with Gasteiger partial charge < -0.3 is 9.30 Å². The SMILES string of the molecule is COc1ccc2c3c(ccc2c1)C1CC[P@](C)(=O)[C@@H]1CC3. The van der Waals surface area contributed by atoms with Gasteiger partial charge in [0.15, 0.2) is 0 Å². The van der Waals surface area contributed by atoms with E-state index in [0.717, 1.165) is 31.2 Å². The van der Waals surface area contributed by atoms with Crippen molar-refractivity contribution in [3.8, 4) is 5.75 Å². The van der Waals surface area contributed by atoms with Gasteiger partial charge in [-0.15, -0.1) is 0 Å². The van der Waals surface area contributed by atoms with Gasteiger partial charge in [-0.05, 0) is 65.9 Å². The van der Waals surface area contributed by atoms with Crippen LogP contribution in [0.4, 0.5) is 0 Å². The lowest BCUT2D eigenvalue weighted by Gasteiger charge is -2.31. The molecule has 0 radical (unpaired) electrons. The molecule has 2 aromatic rings. The van der Waals surface area contributed by atoms with Crippen molar-refractivity contribution in [2.45, 2.75) is 30.8 Å². The molecule has 4 rings (SSSR count). The number of ether oxygens (including phenoxy) is 1. The van der Waals surface area contributed by atoms with Crippen molar-refractivity contribution >= 4 is 17.9 Å². The maximum atomic E-state index is 12.7. The smallest absolute Gasteiger partial charge is 0.119 e. The average molecular weight is 300 g/mol. The van der Waals surface area contributed by atoms with E-state index < -0.39 is 7.14 Å². The fraction of sp³-hybridized carbons (Fsp3) is 0.444. The quantitative estimate of drug-likeness (QED) is 0.717. The number of fused-ring (bicyclic) bond motifs is 5. The van der Waals surface area contributed by atoms with E-state index in [0.29, 0.717) is 11.6 Å². The maximum absolute atomic E-state index is 12.7. The normalized spacial score (nSPS) is 31.0. The second-order valence-corrected chi connectivity index (χ2v) is 10.1. The Morgan fingerprint density at radius 3 is 2.86 bits per heavy atom. The Bertz CT molecular complexity index is 765. The van der Waals surface area contributed by atoms with Crippen molar-refractivity contribution in [1.82, 2.24) is 0 Å². The predicted octanol–water partition coefficient (Wildman–Crippen LogP) is 4.64. The van der Waals surface area contributed by atoms with Crippen molar-refractivity contribution in [3.05, 3.63) is 41.5 Å². The Morgan fingerprint density at radius 2 is 2.05 bits per heavy atom. The molecule has 21 heavy (non-hydrogen) atoms. The van der Waals surface area contributed by atoms with Crippen LogP contribution in [0.25, 0.3) is 10.8 Å². The summed E-state index contributed by atoms with van der Waals surface area (Å²) in [7, 11) is -0.214. The summed E-state index contributed by atoms with van der Waals surface area (Å²) in [5.74, 6) is 1.44. The van der Waals surface area contributed by atoms with Gasteiger partial charge >= 0.3 is 0 Å². The van der Waals surface area contributed by atoms with Crippen LogP contribution in [0.1, 0.15) is 29.9 Å². The van der Waals surface area contributed by atoms with Gasteiger partial charge in [-0.25, -0.2) is 0 Å².